The second kappa shape index (κ2) is 30.5. The van der Waals surface area contributed by atoms with Crippen molar-refractivity contribution in [3.63, 3.8) is 0 Å². The molecule has 0 saturated carbocycles. The molecule has 0 atom stereocenters. The molecule has 0 aliphatic heterocycles. The fraction of sp³-hybridized carbons (Fsp3) is 0.300. The molecule has 1 amide bonds. The first-order valence-corrected chi connectivity index (χ1v) is 11.5. The normalized spacial score (nSPS) is 7.67. The molecule has 0 spiro atoms. The van der Waals surface area contributed by atoms with E-state index in [0.717, 1.165) is 17.5 Å². The molecule has 0 heterocycles. The molecule has 36 heavy (non-hydrogen) atoms. The Hall–Kier alpha value is -2.50. The van der Waals surface area contributed by atoms with E-state index in [1.807, 2.05) is 53.7 Å². The average molecular weight is 575 g/mol. The summed E-state index contributed by atoms with van der Waals surface area (Å²) in [4.78, 5) is 10.5. The third-order valence-electron chi connectivity index (χ3n) is 3.35. The minimum atomic E-state index is -0.115. The minimum Gasteiger partial charge on any atom is -0.510 e. The number of aromatic hydroxyl groups is 3. The van der Waals surface area contributed by atoms with Crippen molar-refractivity contribution in [2.75, 3.05) is 5.32 Å². The molecule has 3 aromatic rings. The number of carbonyl (C=O) groups excluding carboxylic acids is 1. The molecule has 0 saturated heterocycles. The summed E-state index contributed by atoms with van der Waals surface area (Å²) in [7, 11) is 0. The predicted molar refractivity (Wildman–Crippen MR) is 153 cm³/mol. The van der Waals surface area contributed by atoms with Gasteiger partial charge < -0.3 is 27.6 Å². The Balaban J connectivity index is -0.000000119. The van der Waals surface area contributed by atoms with Gasteiger partial charge in [0.05, 0.1) is 5.75 Å². The molecular weight excluding hydrogens is 527 g/mol. The number of phenols is 3. The van der Waals surface area contributed by atoms with E-state index in [0.29, 0.717) is 11.4 Å². The van der Waals surface area contributed by atoms with Gasteiger partial charge in [0.25, 0.3) is 0 Å². The van der Waals surface area contributed by atoms with Crippen LogP contribution in [0.2, 0.25) is 0 Å². The van der Waals surface area contributed by atoms with E-state index in [-0.39, 0.29) is 57.5 Å². The second-order valence-electron chi connectivity index (χ2n) is 5.81. The Bertz CT molecular complexity index is 813. The zero-order valence-corrected chi connectivity index (χ0v) is 25.2. The maximum Gasteiger partial charge on any atom is 0.221 e. The molecular formula is C30H47NO4Y-2. The third kappa shape index (κ3) is 26.1. The van der Waals surface area contributed by atoms with Gasteiger partial charge in [-0.15, -0.1) is 0 Å². The fourth-order valence-corrected chi connectivity index (χ4v) is 1.91. The first-order valence-electron chi connectivity index (χ1n) is 11.5. The van der Waals surface area contributed by atoms with Crippen LogP contribution in [0.15, 0.2) is 72.8 Å². The Morgan fingerprint density at radius 2 is 1.00 bits per heavy atom. The molecule has 0 aliphatic rings. The standard InChI is InChI=1S/C8H9NO2.C8H9O.C7H7O.3C2H6.CH4.Y/c1-6(10)9-7-2-4-8(11)5-3-7;1-2-7-3-5-8(9)6-4-7;1-6-2-4-7(8)5-3-6;3*1-2;;/h2-5,11H,1H3,(H,9,10);3-6,9H,1-2H2;2-5,8H,1H2;3*1-2H3;1H4;/q;2*-1;;;;;. The number of carbonyl (C=O) groups is 1. The minimum absolute atomic E-state index is 0. The molecule has 3 aromatic carbocycles. The van der Waals surface area contributed by atoms with Crippen LogP contribution in [0.3, 0.4) is 0 Å². The molecule has 3 rings (SSSR count). The fourth-order valence-electron chi connectivity index (χ4n) is 1.91. The Kier molecular flexibility index (Phi) is 37.0. The Morgan fingerprint density at radius 1 is 0.694 bits per heavy atom. The summed E-state index contributed by atoms with van der Waals surface area (Å²) >= 11 is 0. The van der Waals surface area contributed by atoms with Gasteiger partial charge in [0, 0.05) is 45.3 Å². The van der Waals surface area contributed by atoms with Crippen molar-refractivity contribution in [1.29, 1.82) is 0 Å². The van der Waals surface area contributed by atoms with E-state index >= 15 is 0 Å². The molecule has 4 N–H and O–H groups in total. The summed E-state index contributed by atoms with van der Waals surface area (Å²) in [5.41, 5.74) is 2.76. The zero-order chi connectivity index (χ0) is 26.9. The molecule has 0 aromatic heterocycles. The quantitative estimate of drug-likeness (QED) is 0.183. The van der Waals surface area contributed by atoms with Crippen molar-refractivity contribution < 1.29 is 52.8 Å². The summed E-state index contributed by atoms with van der Waals surface area (Å²) in [5, 5.41) is 29.0. The van der Waals surface area contributed by atoms with Gasteiger partial charge in [-0.25, -0.2) is 0 Å². The third-order valence-corrected chi connectivity index (χ3v) is 3.35. The molecule has 201 valence electrons. The van der Waals surface area contributed by atoms with Crippen LogP contribution < -0.4 is 5.32 Å². The van der Waals surface area contributed by atoms with Crippen LogP contribution in [-0.2, 0) is 43.9 Å². The van der Waals surface area contributed by atoms with E-state index in [9.17, 15) is 4.79 Å². The predicted octanol–water partition coefficient (Wildman–Crippen LogP) is 8.41. The number of benzene rings is 3. The smallest absolute Gasteiger partial charge is 0.221 e. The van der Waals surface area contributed by atoms with Crippen molar-refractivity contribution in [3.8, 4) is 17.2 Å². The van der Waals surface area contributed by atoms with Gasteiger partial charge in [-0.1, -0.05) is 78.8 Å². The van der Waals surface area contributed by atoms with Crippen LogP contribution >= 0.6 is 0 Å². The summed E-state index contributed by atoms with van der Waals surface area (Å²) in [6.45, 7) is 20.8. The SMILES string of the molecule is C.CC.CC.CC.CC(=O)Nc1ccc(O)cc1.[CH2-]Cc1ccc(O)cc1.[CH2-]c1ccc(O)cc1.[Y]. The molecule has 0 bridgehead atoms. The van der Waals surface area contributed by atoms with Crippen molar-refractivity contribution in [1.82, 2.24) is 0 Å². The molecule has 6 heteroatoms. The van der Waals surface area contributed by atoms with Gasteiger partial charge in [0.2, 0.25) is 5.91 Å². The van der Waals surface area contributed by atoms with E-state index in [1.54, 1.807) is 48.5 Å². The summed E-state index contributed by atoms with van der Waals surface area (Å²) in [6.07, 6.45) is 0.778. The van der Waals surface area contributed by atoms with Crippen LogP contribution in [0.5, 0.6) is 17.2 Å². The van der Waals surface area contributed by atoms with Crippen molar-refractivity contribution >= 4 is 11.6 Å². The van der Waals surface area contributed by atoms with Crippen molar-refractivity contribution in [2.45, 2.75) is 62.3 Å². The summed E-state index contributed by atoms with van der Waals surface area (Å²) in [6, 6.07) is 20.1. The second-order valence-corrected chi connectivity index (χ2v) is 5.81. The number of rotatable bonds is 2. The average Bonchev–Trinajstić information content (AvgIpc) is 2.87. The first kappa shape index (κ1) is 43.6. The number of nitrogens with one attached hydrogen (secondary N) is 1. The van der Waals surface area contributed by atoms with Gasteiger partial charge in [-0.3, -0.25) is 4.79 Å². The number of amides is 1. The first-order chi connectivity index (χ1) is 16.3. The monoisotopic (exact) mass is 574 g/mol. The van der Waals surface area contributed by atoms with Gasteiger partial charge in [0.1, 0.15) is 11.5 Å². The van der Waals surface area contributed by atoms with Crippen molar-refractivity contribution in [3.05, 3.63) is 97.8 Å². The van der Waals surface area contributed by atoms with Gasteiger partial charge >= 0.3 is 0 Å². The molecule has 1 radical (unpaired) electrons. The molecule has 0 fully saturated rings. The van der Waals surface area contributed by atoms with E-state index in [4.69, 9.17) is 15.3 Å². The van der Waals surface area contributed by atoms with Crippen LogP contribution in [0, 0.1) is 13.8 Å². The largest absolute Gasteiger partial charge is 0.510 e. The van der Waals surface area contributed by atoms with Crippen LogP contribution in [-0.4, -0.2) is 21.2 Å². The van der Waals surface area contributed by atoms with Crippen LogP contribution in [0.25, 0.3) is 0 Å². The molecule has 0 aliphatic carbocycles. The van der Waals surface area contributed by atoms with E-state index in [1.165, 1.54) is 19.1 Å². The Morgan fingerprint density at radius 3 is 1.28 bits per heavy atom. The van der Waals surface area contributed by atoms with Gasteiger partial charge in [0.15, 0.2) is 0 Å². The maximum absolute atomic E-state index is 10.5. The van der Waals surface area contributed by atoms with Crippen LogP contribution in [0.1, 0.15) is 67.0 Å². The molecule has 5 nitrogen and oxygen atoms in total. The van der Waals surface area contributed by atoms with Gasteiger partial charge in [-0.05, 0) is 36.4 Å². The van der Waals surface area contributed by atoms with E-state index < -0.39 is 0 Å². The number of hydrogen-bond donors (Lipinski definition) is 4. The zero-order valence-electron chi connectivity index (χ0n) is 22.4. The summed E-state index contributed by atoms with van der Waals surface area (Å²) < 4.78 is 0. The maximum atomic E-state index is 10.5. The topological polar surface area (TPSA) is 89.8 Å². The van der Waals surface area contributed by atoms with Gasteiger partial charge in [-0.2, -0.15) is 31.0 Å². The Labute approximate surface area is 245 Å². The summed E-state index contributed by atoms with van der Waals surface area (Å²) in [5.74, 6) is 0.680. The number of phenolic OH excluding ortho intramolecular Hbond substituents is 3. The van der Waals surface area contributed by atoms with Crippen LogP contribution in [0.4, 0.5) is 5.69 Å². The number of anilines is 1. The van der Waals surface area contributed by atoms with E-state index in [2.05, 4.69) is 19.2 Å². The molecule has 0 unspecified atom stereocenters. The van der Waals surface area contributed by atoms with Crippen molar-refractivity contribution in [2.24, 2.45) is 0 Å². The number of hydrogen-bond acceptors (Lipinski definition) is 4.